The molecule has 12 heavy (non-hydrogen) atoms. The van der Waals surface area contributed by atoms with Gasteiger partial charge in [-0.15, -0.1) is 0 Å². The van der Waals surface area contributed by atoms with E-state index < -0.39 is 0 Å². The molecule has 0 aliphatic heterocycles. The van der Waals surface area contributed by atoms with Crippen LogP contribution in [0.2, 0.25) is 0 Å². The third kappa shape index (κ3) is 9.39. The number of amides is 1. The van der Waals surface area contributed by atoms with Gasteiger partial charge in [-0.25, -0.2) is 0 Å². The van der Waals surface area contributed by atoms with Gasteiger partial charge < -0.3 is 15.8 Å². The van der Waals surface area contributed by atoms with Crippen molar-refractivity contribution in [1.82, 2.24) is 5.32 Å². The highest BCUT2D eigenvalue weighted by atomic mass is 16.5. The smallest absolute Gasteiger partial charge is 0.219 e. The fourth-order valence-electron chi connectivity index (χ4n) is 0.695. The fourth-order valence-corrected chi connectivity index (χ4v) is 0.695. The average molecular weight is 174 g/mol. The molecule has 1 amide bonds. The molecule has 4 nitrogen and oxygen atoms in total. The Kier molecular flexibility index (Phi) is 6.70. The summed E-state index contributed by atoms with van der Waals surface area (Å²) < 4.78 is 5.13. The van der Waals surface area contributed by atoms with Gasteiger partial charge in [-0.3, -0.25) is 4.79 Å². The summed E-state index contributed by atoms with van der Waals surface area (Å²) in [5.74, 6) is -0.313. The molecule has 0 aromatic heterocycles. The lowest BCUT2D eigenvalue weighted by atomic mass is 10.4. The molecule has 0 fully saturated rings. The Labute approximate surface area is 73.5 Å². The number of carbonyl (C=O) groups is 1. The van der Waals surface area contributed by atoms with Crippen molar-refractivity contribution in [1.29, 1.82) is 0 Å². The lowest BCUT2D eigenvalue weighted by Crippen LogP contribution is -2.27. The maximum atomic E-state index is 10.3. The Morgan fingerprint density at radius 2 is 2.17 bits per heavy atom. The first-order chi connectivity index (χ1) is 5.63. The van der Waals surface area contributed by atoms with Gasteiger partial charge in [0.2, 0.25) is 5.91 Å². The molecule has 0 saturated carbocycles. The molecule has 0 radical (unpaired) electrons. The van der Waals surface area contributed by atoms with Crippen molar-refractivity contribution < 1.29 is 9.53 Å². The highest BCUT2D eigenvalue weighted by Gasteiger charge is 1.94. The van der Waals surface area contributed by atoms with Crippen LogP contribution in [-0.2, 0) is 9.53 Å². The molecular formula is C8H18N2O2. The van der Waals surface area contributed by atoms with E-state index in [1.165, 1.54) is 0 Å². The van der Waals surface area contributed by atoms with E-state index in [2.05, 4.69) is 19.2 Å². The summed E-state index contributed by atoms with van der Waals surface area (Å²) in [4.78, 5) is 10.3. The second-order valence-electron chi connectivity index (χ2n) is 2.94. The van der Waals surface area contributed by atoms with Crippen LogP contribution in [0.3, 0.4) is 0 Å². The Balaban J connectivity index is 2.96. The third-order valence-electron chi connectivity index (χ3n) is 1.29. The summed E-state index contributed by atoms with van der Waals surface area (Å²) >= 11 is 0. The van der Waals surface area contributed by atoms with E-state index in [9.17, 15) is 4.79 Å². The molecule has 4 heteroatoms. The van der Waals surface area contributed by atoms with Gasteiger partial charge in [0.1, 0.15) is 0 Å². The summed E-state index contributed by atoms with van der Waals surface area (Å²) in [5.41, 5.74) is 4.92. The first-order valence-corrected chi connectivity index (χ1v) is 4.22. The fraction of sp³-hybridized carbons (Fsp3) is 0.875. The molecule has 0 spiro atoms. The molecule has 0 aromatic rings. The largest absolute Gasteiger partial charge is 0.380 e. The van der Waals surface area contributed by atoms with Crippen molar-refractivity contribution in [3.05, 3.63) is 0 Å². The Morgan fingerprint density at radius 1 is 1.50 bits per heavy atom. The standard InChI is InChI=1S/C8H18N2O2/c1-7(2)10-4-6-12-5-3-8(9)11/h7,10H,3-6H2,1-2H3,(H2,9,11). The second kappa shape index (κ2) is 7.06. The molecule has 0 saturated heterocycles. The summed E-state index contributed by atoms with van der Waals surface area (Å²) in [5, 5.41) is 3.19. The number of nitrogens with one attached hydrogen (secondary N) is 1. The van der Waals surface area contributed by atoms with Crippen molar-refractivity contribution in [2.24, 2.45) is 5.73 Å². The Morgan fingerprint density at radius 3 is 2.67 bits per heavy atom. The molecule has 0 aliphatic carbocycles. The number of nitrogens with two attached hydrogens (primary N) is 1. The lowest BCUT2D eigenvalue weighted by molar-refractivity contribution is -0.119. The van der Waals surface area contributed by atoms with Crippen LogP contribution < -0.4 is 11.1 Å². The highest BCUT2D eigenvalue weighted by Crippen LogP contribution is 1.81. The molecule has 0 aliphatic rings. The number of hydrogen-bond acceptors (Lipinski definition) is 3. The number of ether oxygens (including phenoxy) is 1. The van der Waals surface area contributed by atoms with E-state index in [0.717, 1.165) is 6.54 Å². The Bertz CT molecular complexity index is 126. The number of primary amides is 1. The van der Waals surface area contributed by atoms with Gasteiger partial charge in [0.15, 0.2) is 0 Å². The summed E-state index contributed by atoms with van der Waals surface area (Å²) in [7, 11) is 0. The third-order valence-corrected chi connectivity index (χ3v) is 1.29. The number of rotatable bonds is 7. The molecule has 0 bridgehead atoms. The normalized spacial score (nSPS) is 10.6. The van der Waals surface area contributed by atoms with E-state index in [1.807, 2.05) is 0 Å². The van der Waals surface area contributed by atoms with Gasteiger partial charge in [-0.2, -0.15) is 0 Å². The number of hydrogen-bond donors (Lipinski definition) is 2. The Hall–Kier alpha value is -0.610. The van der Waals surface area contributed by atoms with E-state index in [1.54, 1.807) is 0 Å². The molecule has 0 aromatic carbocycles. The molecule has 3 N–H and O–H groups in total. The zero-order chi connectivity index (χ0) is 9.40. The van der Waals surface area contributed by atoms with E-state index in [0.29, 0.717) is 25.7 Å². The van der Waals surface area contributed by atoms with Crippen molar-refractivity contribution in [3.8, 4) is 0 Å². The minimum Gasteiger partial charge on any atom is -0.380 e. The van der Waals surface area contributed by atoms with Gasteiger partial charge in [-0.1, -0.05) is 13.8 Å². The maximum Gasteiger partial charge on any atom is 0.219 e. The molecule has 72 valence electrons. The minimum atomic E-state index is -0.313. The van der Waals surface area contributed by atoms with E-state index >= 15 is 0 Å². The highest BCUT2D eigenvalue weighted by molar-refractivity contribution is 5.73. The van der Waals surface area contributed by atoms with Gasteiger partial charge in [0.05, 0.1) is 13.2 Å². The zero-order valence-corrected chi connectivity index (χ0v) is 7.80. The maximum absolute atomic E-state index is 10.3. The van der Waals surface area contributed by atoms with Crippen LogP contribution in [0.4, 0.5) is 0 Å². The van der Waals surface area contributed by atoms with E-state index in [-0.39, 0.29) is 5.91 Å². The van der Waals surface area contributed by atoms with Crippen LogP contribution in [0.25, 0.3) is 0 Å². The van der Waals surface area contributed by atoms with Crippen LogP contribution in [0.5, 0.6) is 0 Å². The molecule has 0 rings (SSSR count). The van der Waals surface area contributed by atoms with Crippen LogP contribution in [-0.4, -0.2) is 31.7 Å². The topological polar surface area (TPSA) is 64.3 Å². The first kappa shape index (κ1) is 11.4. The monoisotopic (exact) mass is 174 g/mol. The molecular weight excluding hydrogens is 156 g/mol. The van der Waals surface area contributed by atoms with E-state index in [4.69, 9.17) is 10.5 Å². The van der Waals surface area contributed by atoms with Crippen LogP contribution in [0.1, 0.15) is 20.3 Å². The van der Waals surface area contributed by atoms with Crippen LogP contribution >= 0.6 is 0 Å². The van der Waals surface area contributed by atoms with Crippen LogP contribution in [0, 0.1) is 0 Å². The van der Waals surface area contributed by atoms with Crippen molar-refractivity contribution in [2.75, 3.05) is 19.8 Å². The second-order valence-corrected chi connectivity index (χ2v) is 2.94. The zero-order valence-electron chi connectivity index (χ0n) is 7.80. The summed E-state index contributed by atoms with van der Waals surface area (Å²) in [6.07, 6.45) is 0.307. The van der Waals surface area contributed by atoms with Crippen molar-refractivity contribution in [2.45, 2.75) is 26.3 Å². The predicted octanol–water partition coefficient (Wildman–Crippen LogP) is -0.124. The first-order valence-electron chi connectivity index (χ1n) is 4.22. The molecule has 0 atom stereocenters. The van der Waals surface area contributed by atoms with Gasteiger partial charge >= 0.3 is 0 Å². The molecule has 0 heterocycles. The predicted molar refractivity (Wildman–Crippen MR) is 47.8 cm³/mol. The van der Waals surface area contributed by atoms with Crippen molar-refractivity contribution in [3.63, 3.8) is 0 Å². The molecule has 0 unspecified atom stereocenters. The SMILES string of the molecule is CC(C)NCCOCCC(N)=O. The minimum absolute atomic E-state index is 0.307. The van der Waals surface area contributed by atoms with Gasteiger partial charge in [0, 0.05) is 19.0 Å². The number of carbonyl (C=O) groups excluding carboxylic acids is 1. The lowest BCUT2D eigenvalue weighted by Gasteiger charge is -2.07. The van der Waals surface area contributed by atoms with Crippen molar-refractivity contribution >= 4 is 5.91 Å². The quantitative estimate of drug-likeness (QED) is 0.529. The summed E-state index contributed by atoms with van der Waals surface area (Å²) in [6, 6.07) is 0.477. The van der Waals surface area contributed by atoms with Crippen LogP contribution in [0.15, 0.2) is 0 Å². The average Bonchev–Trinajstić information content (AvgIpc) is 1.95. The summed E-state index contributed by atoms with van der Waals surface area (Å²) in [6.45, 7) is 6.02. The van der Waals surface area contributed by atoms with Gasteiger partial charge in [-0.05, 0) is 0 Å². The van der Waals surface area contributed by atoms with Gasteiger partial charge in [0.25, 0.3) is 0 Å².